The molecule has 8 heteroatoms. The maximum Gasteiger partial charge on any atom is 0.355 e. The summed E-state index contributed by atoms with van der Waals surface area (Å²) >= 11 is 1.28. The highest BCUT2D eigenvalue weighted by Gasteiger charge is 2.16. The first kappa shape index (κ1) is 18.9. The van der Waals surface area contributed by atoms with Gasteiger partial charge in [0.05, 0.1) is 5.01 Å². The van der Waals surface area contributed by atoms with Crippen LogP contribution in [0.4, 0.5) is 4.79 Å². The van der Waals surface area contributed by atoms with Gasteiger partial charge in [0.15, 0.2) is 5.69 Å². The highest BCUT2D eigenvalue weighted by molar-refractivity contribution is 7.09. The molecule has 0 saturated heterocycles. The van der Waals surface area contributed by atoms with Crippen molar-refractivity contribution in [2.45, 2.75) is 32.7 Å². The molecule has 0 bridgehead atoms. The van der Waals surface area contributed by atoms with Crippen molar-refractivity contribution in [2.24, 2.45) is 0 Å². The van der Waals surface area contributed by atoms with Gasteiger partial charge in [-0.3, -0.25) is 4.98 Å². The molecule has 7 nitrogen and oxygen atoms in total. The molecule has 0 aliphatic rings. The van der Waals surface area contributed by atoms with Crippen LogP contribution in [0.1, 0.15) is 33.7 Å². The number of carbonyl (C=O) groups excluding carboxylic acids is 1. The molecule has 0 aromatic carbocycles. The summed E-state index contributed by atoms with van der Waals surface area (Å²) < 4.78 is 0. The zero-order chi connectivity index (χ0) is 18.4. The average Bonchev–Trinajstić information content (AvgIpc) is 3.03. The van der Waals surface area contributed by atoms with Gasteiger partial charge < -0.3 is 15.3 Å². The molecule has 0 unspecified atom stereocenters. The van der Waals surface area contributed by atoms with Crippen LogP contribution in [0, 0.1) is 6.92 Å². The lowest BCUT2D eigenvalue weighted by Gasteiger charge is -2.25. The second-order valence-electron chi connectivity index (χ2n) is 5.90. The zero-order valence-corrected chi connectivity index (χ0v) is 15.3. The molecule has 0 spiro atoms. The Bertz CT molecular complexity index is 747. The monoisotopic (exact) mass is 362 g/mol. The Hall–Kier alpha value is -2.48. The number of aromatic nitrogens is 2. The normalized spacial score (nSPS) is 11.8. The highest BCUT2D eigenvalue weighted by atomic mass is 32.1. The van der Waals surface area contributed by atoms with Gasteiger partial charge in [-0.1, -0.05) is 0 Å². The average molecular weight is 362 g/mol. The number of urea groups is 1. The van der Waals surface area contributed by atoms with E-state index in [0.717, 1.165) is 11.3 Å². The lowest BCUT2D eigenvalue weighted by atomic mass is 10.1. The van der Waals surface area contributed by atoms with Crippen LogP contribution < -0.4 is 5.32 Å². The van der Waals surface area contributed by atoms with Crippen molar-refractivity contribution in [2.75, 3.05) is 13.6 Å². The van der Waals surface area contributed by atoms with Crippen LogP contribution >= 0.6 is 11.3 Å². The van der Waals surface area contributed by atoms with Crippen LogP contribution in [-0.4, -0.2) is 51.6 Å². The van der Waals surface area contributed by atoms with Crippen molar-refractivity contribution >= 4 is 23.3 Å². The second-order valence-corrected chi connectivity index (χ2v) is 6.84. The number of thiazole rings is 1. The second kappa shape index (κ2) is 8.57. The van der Waals surface area contributed by atoms with Crippen molar-refractivity contribution in [3.63, 3.8) is 0 Å². The predicted octanol–water partition coefficient (Wildman–Crippen LogP) is 2.36. The highest BCUT2D eigenvalue weighted by Crippen LogP contribution is 2.10. The Morgan fingerprint density at radius 2 is 2.20 bits per heavy atom. The third-order valence-corrected chi connectivity index (χ3v) is 4.75. The number of aryl methyl sites for hydroxylation is 1. The maximum absolute atomic E-state index is 12.2. The van der Waals surface area contributed by atoms with Crippen LogP contribution in [-0.2, 0) is 12.8 Å². The Morgan fingerprint density at radius 3 is 2.84 bits per heavy atom. The number of carbonyl (C=O) groups is 2. The van der Waals surface area contributed by atoms with Gasteiger partial charge in [0.1, 0.15) is 0 Å². The molecule has 0 aliphatic carbocycles. The van der Waals surface area contributed by atoms with Crippen LogP contribution in [0.25, 0.3) is 0 Å². The number of hydrogen-bond donors (Lipinski definition) is 2. The third-order valence-electron chi connectivity index (χ3n) is 3.84. The molecule has 2 rings (SSSR count). The zero-order valence-electron chi connectivity index (χ0n) is 14.5. The molecular weight excluding hydrogens is 340 g/mol. The fraction of sp³-hybridized carbons (Fsp3) is 0.412. The summed E-state index contributed by atoms with van der Waals surface area (Å²) in [5, 5.41) is 13.9. The molecule has 2 N–H and O–H groups in total. The molecule has 2 aromatic heterocycles. The number of carboxylic acids is 1. The van der Waals surface area contributed by atoms with Gasteiger partial charge in [-0.25, -0.2) is 14.6 Å². The van der Waals surface area contributed by atoms with Crippen molar-refractivity contribution < 1.29 is 14.7 Å². The Kier molecular flexibility index (Phi) is 6.46. The lowest BCUT2D eigenvalue weighted by Crippen LogP contribution is -2.43. The quantitative estimate of drug-likeness (QED) is 0.788. The largest absolute Gasteiger partial charge is 0.476 e. The number of pyridine rings is 1. The number of aromatic carboxylic acids is 1. The molecule has 25 heavy (non-hydrogen) atoms. The Labute approximate surface area is 150 Å². The SMILES string of the molecule is Cc1ccnc(C[C@H](C)N(C)C(=O)NCCc2nc(C(=O)O)cs2)c1. The van der Waals surface area contributed by atoms with Gasteiger partial charge in [0.2, 0.25) is 0 Å². The first-order chi connectivity index (χ1) is 11.9. The molecule has 0 saturated carbocycles. The summed E-state index contributed by atoms with van der Waals surface area (Å²) in [6, 6.07) is 3.80. The minimum atomic E-state index is -1.04. The first-order valence-corrected chi connectivity index (χ1v) is 8.84. The molecule has 2 aromatic rings. The number of rotatable bonds is 7. The molecular formula is C17H22N4O3S. The third kappa shape index (κ3) is 5.53. The summed E-state index contributed by atoms with van der Waals surface area (Å²) in [4.78, 5) is 33.0. The summed E-state index contributed by atoms with van der Waals surface area (Å²) in [7, 11) is 1.75. The van der Waals surface area contributed by atoms with Gasteiger partial charge in [-0.15, -0.1) is 11.3 Å². The van der Waals surface area contributed by atoms with Crippen molar-refractivity contribution in [1.29, 1.82) is 0 Å². The number of hydrogen-bond acceptors (Lipinski definition) is 5. The summed E-state index contributed by atoms with van der Waals surface area (Å²) in [6.07, 6.45) is 2.96. The Balaban J connectivity index is 1.79. The van der Waals surface area contributed by atoms with Crippen LogP contribution in [0.15, 0.2) is 23.7 Å². The van der Waals surface area contributed by atoms with Gasteiger partial charge in [0.25, 0.3) is 0 Å². The van der Waals surface area contributed by atoms with E-state index < -0.39 is 5.97 Å². The van der Waals surface area contributed by atoms with E-state index in [-0.39, 0.29) is 17.8 Å². The number of nitrogens with one attached hydrogen (secondary N) is 1. The van der Waals surface area contributed by atoms with E-state index in [1.165, 1.54) is 16.7 Å². The van der Waals surface area contributed by atoms with Crippen LogP contribution in [0.2, 0.25) is 0 Å². The van der Waals surface area contributed by atoms with Crippen molar-refractivity contribution in [1.82, 2.24) is 20.2 Å². The fourth-order valence-electron chi connectivity index (χ4n) is 2.28. The van der Waals surface area contributed by atoms with Crippen LogP contribution in [0.5, 0.6) is 0 Å². The number of carboxylic acid groups (broad SMARTS) is 1. The molecule has 1 atom stereocenters. The number of nitrogens with zero attached hydrogens (tertiary/aromatic N) is 3. The first-order valence-electron chi connectivity index (χ1n) is 7.96. The van der Waals surface area contributed by atoms with E-state index in [9.17, 15) is 9.59 Å². The van der Waals surface area contributed by atoms with Crippen molar-refractivity contribution in [3.05, 3.63) is 45.7 Å². The van der Waals surface area contributed by atoms with Crippen LogP contribution in [0.3, 0.4) is 0 Å². The van der Waals surface area contributed by atoms with E-state index in [1.807, 2.05) is 26.0 Å². The molecule has 0 fully saturated rings. The Morgan fingerprint density at radius 1 is 1.44 bits per heavy atom. The predicted molar refractivity (Wildman–Crippen MR) is 96.1 cm³/mol. The molecule has 2 amide bonds. The van der Waals surface area contributed by atoms with Gasteiger partial charge in [-0.2, -0.15) is 0 Å². The topological polar surface area (TPSA) is 95.4 Å². The smallest absolute Gasteiger partial charge is 0.355 e. The summed E-state index contributed by atoms with van der Waals surface area (Å²) in [5.74, 6) is -1.04. The summed E-state index contributed by atoms with van der Waals surface area (Å²) in [5.41, 5.74) is 2.15. The minimum Gasteiger partial charge on any atom is -0.476 e. The number of amides is 2. The van der Waals surface area contributed by atoms with E-state index in [4.69, 9.17) is 5.11 Å². The van der Waals surface area contributed by atoms with E-state index in [0.29, 0.717) is 24.4 Å². The maximum atomic E-state index is 12.2. The lowest BCUT2D eigenvalue weighted by molar-refractivity contribution is 0.0691. The fourth-order valence-corrected chi connectivity index (χ4v) is 3.05. The van der Waals surface area contributed by atoms with E-state index in [2.05, 4.69) is 15.3 Å². The van der Waals surface area contributed by atoms with Crippen molar-refractivity contribution in [3.8, 4) is 0 Å². The molecule has 134 valence electrons. The number of likely N-dealkylation sites (N-methyl/N-ethyl adjacent to an activating group) is 1. The molecule has 0 radical (unpaired) electrons. The standard InChI is InChI=1S/C17H22N4O3S/c1-11-4-6-18-13(8-11)9-12(2)21(3)17(24)19-7-5-15-20-14(10-25-15)16(22)23/h4,6,8,10,12H,5,7,9H2,1-3H3,(H,19,24)(H,22,23)/t12-/m0/s1. The minimum absolute atomic E-state index is 0.00720. The molecule has 2 heterocycles. The summed E-state index contributed by atoms with van der Waals surface area (Å²) in [6.45, 7) is 4.40. The van der Waals surface area contributed by atoms with E-state index in [1.54, 1.807) is 18.1 Å². The van der Waals surface area contributed by atoms with Gasteiger partial charge in [-0.05, 0) is 31.5 Å². The van der Waals surface area contributed by atoms with Gasteiger partial charge in [0, 0.05) is 49.7 Å². The van der Waals surface area contributed by atoms with Gasteiger partial charge >= 0.3 is 12.0 Å². The molecule has 0 aliphatic heterocycles. The van der Waals surface area contributed by atoms with E-state index >= 15 is 0 Å².